The Balaban J connectivity index is 3.88. The first-order valence-corrected chi connectivity index (χ1v) is 2.75. The van der Waals surface area contributed by atoms with Gasteiger partial charge in [0.15, 0.2) is 11.9 Å². The summed E-state index contributed by atoms with van der Waals surface area (Å²) in [5.74, 6) is 0. The first-order chi connectivity index (χ1) is 4.52. The van der Waals surface area contributed by atoms with E-state index in [0.29, 0.717) is 6.29 Å². The van der Waals surface area contributed by atoms with E-state index in [0.717, 1.165) is 0 Å². The highest BCUT2D eigenvalue weighted by Crippen LogP contribution is 2.05. The predicted molar refractivity (Wildman–Crippen MR) is 33.6 cm³/mol. The Hall–Kier alpha value is -1.06. The van der Waals surface area contributed by atoms with Gasteiger partial charge in [0.1, 0.15) is 0 Å². The van der Waals surface area contributed by atoms with Crippen molar-refractivity contribution < 1.29 is 19.1 Å². The highest BCUT2D eigenvalue weighted by molar-refractivity contribution is 5.68. The van der Waals surface area contributed by atoms with Crippen LogP contribution in [0.1, 0.15) is 13.8 Å². The van der Waals surface area contributed by atoms with Gasteiger partial charge in [0, 0.05) is 0 Å². The second kappa shape index (κ2) is 3.20. The number of carbonyl (C=O) groups is 2. The van der Waals surface area contributed by atoms with Crippen molar-refractivity contribution in [2.45, 2.75) is 19.4 Å². The minimum absolute atomic E-state index is 0.532. The zero-order chi connectivity index (χ0) is 8.20. The van der Waals surface area contributed by atoms with Gasteiger partial charge in [0.25, 0.3) is 0 Å². The van der Waals surface area contributed by atoms with Crippen molar-refractivity contribution in [1.82, 2.24) is 0 Å². The van der Waals surface area contributed by atoms with Crippen molar-refractivity contribution in [1.29, 1.82) is 0 Å². The van der Waals surface area contributed by atoms with Crippen LogP contribution in [0.5, 0.6) is 0 Å². The van der Waals surface area contributed by atoms with Gasteiger partial charge in [-0.1, -0.05) is 0 Å². The van der Waals surface area contributed by atoms with Gasteiger partial charge >= 0.3 is 6.16 Å². The van der Waals surface area contributed by atoms with Crippen molar-refractivity contribution in [2.75, 3.05) is 7.11 Å². The summed E-state index contributed by atoms with van der Waals surface area (Å²) in [7, 11) is 1.18. The fourth-order valence-electron chi connectivity index (χ4n) is 0.281. The summed E-state index contributed by atoms with van der Waals surface area (Å²) in [6.07, 6.45) is -0.318. The van der Waals surface area contributed by atoms with E-state index in [4.69, 9.17) is 0 Å². The minimum atomic E-state index is -1.09. The Kier molecular flexibility index (Phi) is 2.86. The maximum Gasteiger partial charge on any atom is 0.508 e. The summed E-state index contributed by atoms with van der Waals surface area (Å²) in [6, 6.07) is 0. The Morgan fingerprint density at radius 1 is 1.50 bits per heavy atom. The van der Waals surface area contributed by atoms with Crippen molar-refractivity contribution >= 4 is 12.4 Å². The molecule has 4 nitrogen and oxygen atoms in total. The van der Waals surface area contributed by atoms with Gasteiger partial charge in [0.05, 0.1) is 7.11 Å². The number of rotatable bonds is 2. The average molecular weight is 146 g/mol. The molecule has 0 unspecified atom stereocenters. The molecule has 0 saturated carbocycles. The standard InChI is InChI=1S/C6H10O4/c1-6(2,4-7)10-5(8)9-3/h4H,1-3H3. The van der Waals surface area contributed by atoms with Gasteiger partial charge in [0.2, 0.25) is 0 Å². The van der Waals surface area contributed by atoms with Crippen molar-refractivity contribution in [3.05, 3.63) is 0 Å². The number of hydrogen-bond acceptors (Lipinski definition) is 4. The number of hydrogen-bond donors (Lipinski definition) is 0. The van der Waals surface area contributed by atoms with Crippen molar-refractivity contribution in [2.24, 2.45) is 0 Å². The third-order valence-electron chi connectivity index (χ3n) is 0.797. The fourth-order valence-corrected chi connectivity index (χ4v) is 0.281. The molecule has 0 aliphatic heterocycles. The molecule has 0 heterocycles. The fraction of sp³-hybridized carbons (Fsp3) is 0.667. The summed E-state index contributed by atoms with van der Waals surface area (Å²) in [6.45, 7) is 2.94. The molecule has 10 heavy (non-hydrogen) atoms. The monoisotopic (exact) mass is 146 g/mol. The van der Waals surface area contributed by atoms with Gasteiger partial charge in [-0.15, -0.1) is 0 Å². The lowest BCUT2D eigenvalue weighted by molar-refractivity contribution is -0.123. The molecule has 0 bridgehead atoms. The van der Waals surface area contributed by atoms with E-state index in [1.165, 1.54) is 21.0 Å². The van der Waals surface area contributed by atoms with Crippen LogP contribution >= 0.6 is 0 Å². The SMILES string of the molecule is COC(=O)OC(C)(C)C=O. The highest BCUT2D eigenvalue weighted by Gasteiger charge is 2.21. The summed E-state index contributed by atoms with van der Waals surface area (Å²) in [5.41, 5.74) is -1.09. The molecular weight excluding hydrogens is 136 g/mol. The van der Waals surface area contributed by atoms with E-state index in [1.54, 1.807) is 0 Å². The van der Waals surface area contributed by atoms with E-state index < -0.39 is 11.8 Å². The molecule has 0 radical (unpaired) electrons. The van der Waals surface area contributed by atoms with Gasteiger partial charge < -0.3 is 9.47 Å². The van der Waals surface area contributed by atoms with Gasteiger partial charge in [-0.05, 0) is 13.8 Å². The Labute approximate surface area is 59.1 Å². The molecule has 0 spiro atoms. The van der Waals surface area contributed by atoms with Gasteiger partial charge in [-0.3, -0.25) is 4.79 Å². The molecule has 0 aliphatic carbocycles. The van der Waals surface area contributed by atoms with E-state index >= 15 is 0 Å². The molecule has 0 saturated heterocycles. The molecule has 0 N–H and O–H groups in total. The summed E-state index contributed by atoms with van der Waals surface area (Å²) in [4.78, 5) is 20.5. The van der Waals surface area contributed by atoms with E-state index in [9.17, 15) is 9.59 Å². The lowest BCUT2D eigenvalue weighted by Crippen LogP contribution is -2.29. The predicted octanol–water partition coefficient (Wildman–Crippen LogP) is 0.747. The second-order valence-electron chi connectivity index (χ2n) is 2.28. The van der Waals surface area contributed by atoms with E-state index in [-0.39, 0.29) is 0 Å². The molecule has 0 rings (SSSR count). The van der Waals surface area contributed by atoms with Crippen LogP contribution in [-0.2, 0) is 14.3 Å². The molecule has 0 aromatic rings. The Morgan fingerprint density at radius 2 is 2.00 bits per heavy atom. The normalized spacial score (nSPS) is 10.3. The van der Waals surface area contributed by atoms with Crippen LogP contribution in [0.15, 0.2) is 0 Å². The lowest BCUT2D eigenvalue weighted by Gasteiger charge is -2.15. The summed E-state index contributed by atoms with van der Waals surface area (Å²) < 4.78 is 8.67. The maximum atomic E-state index is 10.4. The maximum absolute atomic E-state index is 10.4. The van der Waals surface area contributed by atoms with Crippen LogP contribution in [0, 0.1) is 0 Å². The smallest absolute Gasteiger partial charge is 0.438 e. The Bertz CT molecular complexity index is 139. The number of ether oxygens (including phenoxy) is 2. The zero-order valence-corrected chi connectivity index (χ0v) is 6.21. The molecule has 58 valence electrons. The molecular formula is C6H10O4. The number of aldehydes is 1. The topological polar surface area (TPSA) is 52.6 Å². The quantitative estimate of drug-likeness (QED) is 0.426. The molecule has 0 amide bonds. The average Bonchev–Trinajstić information content (AvgIpc) is 1.87. The van der Waals surface area contributed by atoms with Crippen molar-refractivity contribution in [3.63, 3.8) is 0 Å². The van der Waals surface area contributed by atoms with Gasteiger partial charge in [-0.25, -0.2) is 4.79 Å². The molecule has 0 aromatic carbocycles. The molecule has 0 fully saturated rings. The first-order valence-electron chi connectivity index (χ1n) is 2.75. The molecule has 4 heteroatoms. The number of methoxy groups -OCH3 is 1. The van der Waals surface area contributed by atoms with Crippen LogP contribution in [0.25, 0.3) is 0 Å². The third kappa shape index (κ3) is 3.06. The van der Waals surface area contributed by atoms with Crippen LogP contribution < -0.4 is 0 Å². The van der Waals surface area contributed by atoms with Crippen LogP contribution in [-0.4, -0.2) is 25.2 Å². The van der Waals surface area contributed by atoms with Crippen molar-refractivity contribution in [3.8, 4) is 0 Å². The zero-order valence-electron chi connectivity index (χ0n) is 6.21. The van der Waals surface area contributed by atoms with Crippen LogP contribution in [0.3, 0.4) is 0 Å². The second-order valence-corrected chi connectivity index (χ2v) is 2.28. The molecule has 0 atom stereocenters. The molecule has 0 aliphatic rings. The number of carbonyl (C=O) groups excluding carboxylic acids is 2. The summed E-state index contributed by atoms with van der Waals surface area (Å²) in [5, 5.41) is 0. The first kappa shape index (κ1) is 8.94. The van der Waals surface area contributed by atoms with E-state index in [2.05, 4.69) is 9.47 Å². The van der Waals surface area contributed by atoms with Crippen LogP contribution in [0.4, 0.5) is 4.79 Å². The lowest BCUT2D eigenvalue weighted by atomic mass is 10.2. The van der Waals surface area contributed by atoms with Crippen LogP contribution in [0.2, 0.25) is 0 Å². The Morgan fingerprint density at radius 3 is 2.30 bits per heavy atom. The largest absolute Gasteiger partial charge is 0.508 e. The minimum Gasteiger partial charge on any atom is -0.438 e. The molecule has 0 aromatic heterocycles. The van der Waals surface area contributed by atoms with Gasteiger partial charge in [-0.2, -0.15) is 0 Å². The third-order valence-corrected chi connectivity index (χ3v) is 0.797. The van der Waals surface area contributed by atoms with E-state index in [1.807, 2.05) is 0 Å². The summed E-state index contributed by atoms with van der Waals surface area (Å²) >= 11 is 0. The highest BCUT2D eigenvalue weighted by atomic mass is 16.7.